The van der Waals surface area contributed by atoms with Gasteiger partial charge in [-0.2, -0.15) is 0 Å². The van der Waals surface area contributed by atoms with Crippen molar-refractivity contribution in [1.82, 2.24) is 9.88 Å². The number of carbonyl (C=O) groups is 1. The summed E-state index contributed by atoms with van der Waals surface area (Å²) in [5.74, 6) is 0.149. The molecular formula is C14H24N2O2S. The Labute approximate surface area is 119 Å². The standard InChI is InChI=1S/C14H24N2O2S/c1-5-13(6-2)16(7-8-18-4)14(17)9-12-10-19-11(3)15-12/h10,13H,5-9H2,1-4H3. The van der Waals surface area contributed by atoms with Crippen molar-refractivity contribution in [3.05, 3.63) is 16.1 Å². The van der Waals surface area contributed by atoms with E-state index < -0.39 is 0 Å². The van der Waals surface area contributed by atoms with Gasteiger partial charge in [-0.1, -0.05) is 13.8 Å². The molecule has 0 unspecified atom stereocenters. The van der Waals surface area contributed by atoms with E-state index in [9.17, 15) is 4.79 Å². The van der Waals surface area contributed by atoms with Gasteiger partial charge in [0, 0.05) is 25.1 Å². The summed E-state index contributed by atoms with van der Waals surface area (Å²) in [6.07, 6.45) is 2.34. The average molecular weight is 284 g/mol. The van der Waals surface area contributed by atoms with Gasteiger partial charge in [0.25, 0.3) is 0 Å². The third kappa shape index (κ3) is 4.91. The molecule has 1 heterocycles. The smallest absolute Gasteiger partial charge is 0.228 e. The lowest BCUT2D eigenvalue weighted by atomic mass is 10.1. The van der Waals surface area contributed by atoms with Crippen LogP contribution in [0.3, 0.4) is 0 Å². The van der Waals surface area contributed by atoms with Crippen LogP contribution in [0.25, 0.3) is 0 Å². The van der Waals surface area contributed by atoms with Gasteiger partial charge in [0.1, 0.15) is 0 Å². The van der Waals surface area contributed by atoms with E-state index >= 15 is 0 Å². The first-order valence-corrected chi connectivity index (χ1v) is 7.69. The van der Waals surface area contributed by atoms with Crippen molar-refractivity contribution in [2.45, 2.75) is 46.1 Å². The van der Waals surface area contributed by atoms with Crippen LogP contribution in [0.5, 0.6) is 0 Å². The zero-order chi connectivity index (χ0) is 14.3. The van der Waals surface area contributed by atoms with Gasteiger partial charge in [0.15, 0.2) is 0 Å². The Morgan fingerprint density at radius 3 is 2.63 bits per heavy atom. The van der Waals surface area contributed by atoms with E-state index in [0.717, 1.165) is 23.5 Å². The molecule has 0 aliphatic rings. The van der Waals surface area contributed by atoms with Crippen LogP contribution in [0.1, 0.15) is 37.4 Å². The molecule has 108 valence electrons. The van der Waals surface area contributed by atoms with Gasteiger partial charge in [0.05, 0.1) is 23.7 Å². The molecule has 0 atom stereocenters. The van der Waals surface area contributed by atoms with Gasteiger partial charge in [-0.25, -0.2) is 4.98 Å². The summed E-state index contributed by atoms with van der Waals surface area (Å²) in [6.45, 7) is 7.44. The molecule has 0 fully saturated rings. The van der Waals surface area contributed by atoms with E-state index in [0.29, 0.717) is 25.6 Å². The molecule has 0 aliphatic heterocycles. The second-order valence-electron chi connectivity index (χ2n) is 4.58. The molecule has 1 amide bonds. The summed E-state index contributed by atoms with van der Waals surface area (Å²) in [5.41, 5.74) is 0.876. The number of ether oxygens (including phenoxy) is 1. The number of aryl methyl sites for hydroxylation is 1. The van der Waals surface area contributed by atoms with Gasteiger partial charge in [-0.15, -0.1) is 11.3 Å². The lowest BCUT2D eigenvalue weighted by Crippen LogP contribution is -2.42. The van der Waals surface area contributed by atoms with Crippen LogP contribution in [-0.2, 0) is 16.0 Å². The Balaban J connectivity index is 2.69. The molecule has 19 heavy (non-hydrogen) atoms. The van der Waals surface area contributed by atoms with Crippen LogP contribution in [0.15, 0.2) is 5.38 Å². The van der Waals surface area contributed by atoms with Gasteiger partial charge in [-0.05, 0) is 19.8 Å². The lowest BCUT2D eigenvalue weighted by Gasteiger charge is -2.30. The number of carbonyl (C=O) groups excluding carboxylic acids is 1. The predicted molar refractivity (Wildman–Crippen MR) is 78.5 cm³/mol. The normalized spacial score (nSPS) is 11.0. The topological polar surface area (TPSA) is 42.4 Å². The second-order valence-corrected chi connectivity index (χ2v) is 5.65. The zero-order valence-electron chi connectivity index (χ0n) is 12.3. The highest BCUT2D eigenvalue weighted by Crippen LogP contribution is 2.13. The number of amides is 1. The van der Waals surface area contributed by atoms with Crippen LogP contribution >= 0.6 is 11.3 Å². The van der Waals surface area contributed by atoms with Crippen molar-refractivity contribution in [2.24, 2.45) is 0 Å². The maximum Gasteiger partial charge on any atom is 0.228 e. The first-order valence-electron chi connectivity index (χ1n) is 6.81. The highest BCUT2D eigenvalue weighted by Gasteiger charge is 2.21. The molecule has 1 rings (SSSR count). The molecule has 0 saturated carbocycles. The Morgan fingerprint density at radius 2 is 2.16 bits per heavy atom. The van der Waals surface area contributed by atoms with Crippen molar-refractivity contribution in [3.8, 4) is 0 Å². The fourth-order valence-electron chi connectivity index (χ4n) is 2.18. The maximum absolute atomic E-state index is 12.4. The largest absolute Gasteiger partial charge is 0.383 e. The highest BCUT2D eigenvalue weighted by molar-refractivity contribution is 7.09. The number of aromatic nitrogens is 1. The molecule has 0 saturated heterocycles. The molecule has 0 radical (unpaired) electrons. The van der Waals surface area contributed by atoms with E-state index in [-0.39, 0.29) is 5.91 Å². The van der Waals surface area contributed by atoms with Gasteiger partial charge < -0.3 is 9.64 Å². The third-order valence-electron chi connectivity index (χ3n) is 3.24. The van der Waals surface area contributed by atoms with Gasteiger partial charge in [-0.3, -0.25) is 4.79 Å². The lowest BCUT2D eigenvalue weighted by molar-refractivity contribution is -0.133. The Bertz CT molecular complexity index is 389. The first kappa shape index (κ1) is 16.1. The number of thiazole rings is 1. The minimum atomic E-state index is 0.149. The van der Waals surface area contributed by atoms with E-state index in [1.54, 1.807) is 18.4 Å². The van der Waals surface area contributed by atoms with Crippen molar-refractivity contribution < 1.29 is 9.53 Å². The van der Waals surface area contributed by atoms with Crippen molar-refractivity contribution >= 4 is 17.2 Å². The van der Waals surface area contributed by atoms with Gasteiger partial charge in [0.2, 0.25) is 5.91 Å². The van der Waals surface area contributed by atoms with Crippen LogP contribution < -0.4 is 0 Å². The Kier molecular flexibility index (Phi) is 7.02. The number of hydrogen-bond donors (Lipinski definition) is 0. The fourth-order valence-corrected chi connectivity index (χ4v) is 2.79. The fraction of sp³-hybridized carbons (Fsp3) is 0.714. The molecule has 0 N–H and O–H groups in total. The number of hydrogen-bond acceptors (Lipinski definition) is 4. The highest BCUT2D eigenvalue weighted by atomic mass is 32.1. The quantitative estimate of drug-likeness (QED) is 0.737. The second kappa shape index (κ2) is 8.27. The molecule has 4 nitrogen and oxygen atoms in total. The zero-order valence-corrected chi connectivity index (χ0v) is 13.1. The van der Waals surface area contributed by atoms with E-state index in [1.807, 2.05) is 17.2 Å². The minimum absolute atomic E-state index is 0.149. The summed E-state index contributed by atoms with van der Waals surface area (Å²) < 4.78 is 5.11. The average Bonchev–Trinajstić information content (AvgIpc) is 2.79. The molecular weight excluding hydrogens is 260 g/mol. The summed E-state index contributed by atoms with van der Waals surface area (Å²) in [6, 6.07) is 0.294. The molecule has 0 spiro atoms. The molecule has 1 aromatic rings. The third-order valence-corrected chi connectivity index (χ3v) is 4.06. The van der Waals surface area contributed by atoms with Crippen LogP contribution in [0.4, 0.5) is 0 Å². The number of rotatable bonds is 8. The van der Waals surface area contributed by atoms with Crippen LogP contribution in [0.2, 0.25) is 0 Å². The van der Waals surface area contributed by atoms with Crippen molar-refractivity contribution in [1.29, 1.82) is 0 Å². The van der Waals surface area contributed by atoms with E-state index in [2.05, 4.69) is 18.8 Å². The van der Waals surface area contributed by atoms with Crippen LogP contribution in [-0.4, -0.2) is 42.1 Å². The molecule has 5 heteroatoms. The molecule has 0 bridgehead atoms. The Hall–Kier alpha value is -0.940. The monoisotopic (exact) mass is 284 g/mol. The molecule has 0 aliphatic carbocycles. The van der Waals surface area contributed by atoms with Crippen molar-refractivity contribution in [2.75, 3.05) is 20.3 Å². The molecule has 0 aromatic carbocycles. The minimum Gasteiger partial charge on any atom is -0.383 e. The summed E-state index contributed by atoms with van der Waals surface area (Å²) in [7, 11) is 1.67. The number of nitrogens with zero attached hydrogens (tertiary/aromatic N) is 2. The molecule has 1 aromatic heterocycles. The maximum atomic E-state index is 12.4. The van der Waals surface area contributed by atoms with E-state index in [1.165, 1.54) is 0 Å². The summed E-state index contributed by atoms with van der Waals surface area (Å²) in [4.78, 5) is 18.7. The van der Waals surface area contributed by atoms with Crippen LogP contribution in [0, 0.1) is 6.92 Å². The SMILES string of the molecule is CCC(CC)N(CCOC)C(=O)Cc1csc(C)n1. The first-order chi connectivity index (χ1) is 9.12. The van der Waals surface area contributed by atoms with Crippen molar-refractivity contribution in [3.63, 3.8) is 0 Å². The summed E-state index contributed by atoms with van der Waals surface area (Å²) in [5, 5.41) is 2.98. The number of methoxy groups -OCH3 is 1. The predicted octanol–water partition coefficient (Wildman–Crippen LogP) is 2.66. The van der Waals surface area contributed by atoms with E-state index in [4.69, 9.17) is 4.74 Å². The Morgan fingerprint density at radius 1 is 1.47 bits per heavy atom. The summed E-state index contributed by atoms with van der Waals surface area (Å²) >= 11 is 1.59. The van der Waals surface area contributed by atoms with Gasteiger partial charge >= 0.3 is 0 Å².